The third-order valence-electron chi connectivity index (χ3n) is 1.79. The van der Waals surface area contributed by atoms with Crippen molar-refractivity contribution in [2.75, 3.05) is 11.5 Å². The summed E-state index contributed by atoms with van der Waals surface area (Å²) in [4.78, 5) is 1.16. The van der Waals surface area contributed by atoms with E-state index in [9.17, 15) is 0 Å². The predicted molar refractivity (Wildman–Crippen MR) is 68.7 cm³/mol. The van der Waals surface area contributed by atoms with Crippen molar-refractivity contribution in [1.29, 1.82) is 0 Å². The standard InChI is InChI=1S/C11H14BrNS/c1-2-3-4-7-14-11-8-9(12)5-6-10(11)13/h2,5-6,8H,1,3-4,7,13H2. The maximum atomic E-state index is 5.84. The van der Waals surface area contributed by atoms with Crippen molar-refractivity contribution in [3.8, 4) is 0 Å². The highest BCUT2D eigenvalue weighted by Crippen LogP contribution is 2.28. The van der Waals surface area contributed by atoms with E-state index in [1.807, 2.05) is 18.2 Å². The molecule has 1 aromatic carbocycles. The molecule has 0 fully saturated rings. The molecule has 0 aliphatic carbocycles. The molecule has 0 atom stereocenters. The van der Waals surface area contributed by atoms with Crippen LogP contribution in [0.3, 0.4) is 0 Å². The first-order chi connectivity index (χ1) is 6.74. The number of benzene rings is 1. The van der Waals surface area contributed by atoms with Crippen LogP contribution in [0.15, 0.2) is 40.2 Å². The maximum Gasteiger partial charge on any atom is 0.0453 e. The summed E-state index contributed by atoms with van der Waals surface area (Å²) in [6.45, 7) is 3.70. The largest absolute Gasteiger partial charge is 0.398 e. The smallest absolute Gasteiger partial charge is 0.0453 e. The Morgan fingerprint density at radius 3 is 3.00 bits per heavy atom. The van der Waals surface area contributed by atoms with Crippen LogP contribution in [0.4, 0.5) is 5.69 Å². The number of unbranched alkanes of at least 4 members (excludes halogenated alkanes) is 1. The minimum atomic E-state index is 0.858. The van der Waals surface area contributed by atoms with Gasteiger partial charge in [-0.05, 0) is 36.8 Å². The van der Waals surface area contributed by atoms with Gasteiger partial charge in [-0.1, -0.05) is 22.0 Å². The van der Waals surface area contributed by atoms with Crippen molar-refractivity contribution in [2.45, 2.75) is 17.7 Å². The number of hydrogen-bond acceptors (Lipinski definition) is 2. The van der Waals surface area contributed by atoms with Gasteiger partial charge in [0.1, 0.15) is 0 Å². The van der Waals surface area contributed by atoms with Crippen LogP contribution in [0.1, 0.15) is 12.8 Å². The Labute approximate surface area is 97.9 Å². The molecule has 0 aromatic heterocycles. The predicted octanol–water partition coefficient (Wildman–Crippen LogP) is 4.09. The lowest BCUT2D eigenvalue weighted by Gasteiger charge is -2.04. The Balaban J connectivity index is 2.49. The molecule has 0 bridgehead atoms. The maximum absolute atomic E-state index is 5.84. The van der Waals surface area contributed by atoms with Gasteiger partial charge in [-0.3, -0.25) is 0 Å². The normalized spacial score (nSPS) is 10.1. The summed E-state index contributed by atoms with van der Waals surface area (Å²) in [5.74, 6) is 1.09. The molecule has 0 aliphatic rings. The topological polar surface area (TPSA) is 26.0 Å². The van der Waals surface area contributed by atoms with Crippen LogP contribution in [-0.2, 0) is 0 Å². The fourth-order valence-electron chi connectivity index (χ4n) is 1.04. The van der Waals surface area contributed by atoms with E-state index < -0.39 is 0 Å². The molecule has 1 aromatic rings. The minimum absolute atomic E-state index is 0.858. The third-order valence-corrected chi connectivity index (χ3v) is 3.44. The van der Waals surface area contributed by atoms with Gasteiger partial charge in [-0.25, -0.2) is 0 Å². The van der Waals surface area contributed by atoms with Gasteiger partial charge in [0.05, 0.1) is 0 Å². The van der Waals surface area contributed by atoms with Crippen molar-refractivity contribution in [2.24, 2.45) is 0 Å². The number of rotatable bonds is 5. The summed E-state index contributed by atoms with van der Waals surface area (Å²) < 4.78 is 1.08. The molecule has 2 N–H and O–H groups in total. The highest BCUT2D eigenvalue weighted by Gasteiger charge is 1.99. The Morgan fingerprint density at radius 1 is 1.50 bits per heavy atom. The summed E-state index contributed by atoms with van der Waals surface area (Å²) in [7, 11) is 0. The number of allylic oxidation sites excluding steroid dienone is 1. The van der Waals surface area contributed by atoms with E-state index >= 15 is 0 Å². The quantitative estimate of drug-likeness (QED) is 0.378. The van der Waals surface area contributed by atoms with E-state index in [4.69, 9.17) is 5.73 Å². The van der Waals surface area contributed by atoms with Gasteiger partial charge in [-0.15, -0.1) is 18.3 Å². The van der Waals surface area contributed by atoms with Crippen LogP contribution in [0.2, 0.25) is 0 Å². The van der Waals surface area contributed by atoms with E-state index in [1.54, 1.807) is 11.8 Å². The Bertz CT molecular complexity index is 312. The van der Waals surface area contributed by atoms with Crippen molar-refractivity contribution >= 4 is 33.4 Å². The van der Waals surface area contributed by atoms with Crippen LogP contribution in [-0.4, -0.2) is 5.75 Å². The summed E-state index contributed by atoms with van der Waals surface area (Å²) in [5, 5.41) is 0. The molecule has 3 heteroatoms. The number of anilines is 1. The van der Waals surface area contributed by atoms with Gasteiger partial charge >= 0.3 is 0 Å². The number of thioether (sulfide) groups is 1. The van der Waals surface area contributed by atoms with Gasteiger partial charge in [0.15, 0.2) is 0 Å². The Kier molecular flexibility index (Phi) is 5.12. The summed E-state index contributed by atoms with van der Waals surface area (Å²) in [6.07, 6.45) is 4.17. The van der Waals surface area contributed by atoms with E-state index in [0.29, 0.717) is 0 Å². The minimum Gasteiger partial charge on any atom is -0.398 e. The molecule has 0 saturated heterocycles. The third kappa shape index (κ3) is 3.76. The molecule has 1 rings (SSSR count). The molecular weight excluding hydrogens is 258 g/mol. The Morgan fingerprint density at radius 2 is 2.29 bits per heavy atom. The lowest BCUT2D eigenvalue weighted by atomic mass is 10.3. The van der Waals surface area contributed by atoms with Crippen LogP contribution in [0, 0.1) is 0 Å². The second-order valence-electron chi connectivity index (χ2n) is 2.96. The molecule has 0 saturated carbocycles. The molecule has 1 nitrogen and oxygen atoms in total. The van der Waals surface area contributed by atoms with E-state index in [2.05, 4.69) is 28.6 Å². The number of nitrogen functional groups attached to an aromatic ring is 1. The molecule has 0 aliphatic heterocycles. The molecule has 0 heterocycles. The van der Waals surface area contributed by atoms with E-state index in [-0.39, 0.29) is 0 Å². The molecule has 0 amide bonds. The Hall–Kier alpha value is -0.410. The second-order valence-corrected chi connectivity index (χ2v) is 5.01. The van der Waals surface area contributed by atoms with Crippen molar-refractivity contribution in [1.82, 2.24) is 0 Å². The lowest BCUT2D eigenvalue weighted by Crippen LogP contribution is -1.89. The van der Waals surface area contributed by atoms with Gasteiger partial charge in [-0.2, -0.15) is 0 Å². The first-order valence-corrected chi connectivity index (χ1v) is 6.30. The zero-order valence-corrected chi connectivity index (χ0v) is 10.4. The van der Waals surface area contributed by atoms with E-state index in [0.717, 1.165) is 33.7 Å². The second kappa shape index (κ2) is 6.14. The van der Waals surface area contributed by atoms with Crippen molar-refractivity contribution in [3.63, 3.8) is 0 Å². The molecule has 14 heavy (non-hydrogen) atoms. The van der Waals surface area contributed by atoms with Crippen LogP contribution in [0.5, 0.6) is 0 Å². The molecular formula is C11H14BrNS. The van der Waals surface area contributed by atoms with Gasteiger partial charge < -0.3 is 5.73 Å². The molecule has 76 valence electrons. The monoisotopic (exact) mass is 271 g/mol. The summed E-state index contributed by atoms with van der Waals surface area (Å²) in [6, 6.07) is 5.96. The van der Waals surface area contributed by atoms with E-state index in [1.165, 1.54) is 0 Å². The molecule has 0 unspecified atom stereocenters. The molecule has 0 radical (unpaired) electrons. The number of halogens is 1. The van der Waals surface area contributed by atoms with Gasteiger partial charge in [0.25, 0.3) is 0 Å². The fraction of sp³-hybridized carbons (Fsp3) is 0.273. The average Bonchev–Trinajstić information content (AvgIpc) is 2.18. The van der Waals surface area contributed by atoms with Gasteiger partial charge in [0.2, 0.25) is 0 Å². The van der Waals surface area contributed by atoms with Gasteiger partial charge in [0, 0.05) is 15.1 Å². The highest BCUT2D eigenvalue weighted by molar-refractivity contribution is 9.10. The fourth-order valence-corrected chi connectivity index (χ4v) is 2.53. The van der Waals surface area contributed by atoms with Crippen LogP contribution in [0.25, 0.3) is 0 Å². The van der Waals surface area contributed by atoms with Crippen LogP contribution < -0.4 is 5.73 Å². The zero-order valence-electron chi connectivity index (χ0n) is 8.00. The molecule has 0 spiro atoms. The highest BCUT2D eigenvalue weighted by atomic mass is 79.9. The number of nitrogens with two attached hydrogens (primary N) is 1. The van der Waals surface area contributed by atoms with Crippen molar-refractivity contribution in [3.05, 3.63) is 35.3 Å². The van der Waals surface area contributed by atoms with Crippen molar-refractivity contribution < 1.29 is 0 Å². The number of hydrogen-bond donors (Lipinski definition) is 1. The lowest BCUT2D eigenvalue weighted by molar-refractivity contribution is 0.974. The SMILES string of the molecule is C=CCCCSc1cc(Br)ccc1N. The summed E-state index contributed by atoms with van der Waals surface area (Å²) in [5.41, 5.74) is 6.70. The summed E-state index contributed by atoms with van der Waals surface area (Å²) >= 11 is 5.23. The first kappa shape index (κ1) is 11.7. The average molecular weight is 272 g/mol. The zero-order chi connectivity index (χ0) is 10.4. The first-order valence-electron chi connectivity index (χ1n) is 4.52. The van der Waals surface area contributed by atoms with Crippen LogP contribution >= 0.6 is 27.7 Å².